The second-order valence-electron chi connectivity index (χ2n) is 3.10. The molecule has 17 heavy (non-hydrogen) atoms. The zero-order chi connectivity index (χ0) is 13.0. The van der Waals surface area contributed by atoms with Crippen LogP contribution in [0.3, 0.4) is 0 Å². The minimum Gasteiger partial charge on any atom is -0.350 e. The van der Waals surface area contributed by atoms with Crippen LogP contribution in [0, 0.1) is 22.9 Å². The van der Waals surface area contributed by atoms with Crippen molar-refractivity contribution in [2.45, 2.75) is 6.92 Å². The topological polar surface area (TPSA) is 111 Å². The van der Waals surface area contributed by atoms with E-state index in [-0.39, 0.29) is 16.8 Å². The van der Waals surface area contributed by atoms with Crippen LogP contribution >= 0.6 is 0 Å². The maximum absolute atomic E-state index is 13.4. The Labute approximate surface area is 95.3 Å². The molecule has 0 aliphatic carbocycles. The molecule has 8 heteroatoms. The number of nitro groups is 1. The van der Waals surface area contributed by atoms with Gasteiger partial charge in [0.15, 0.2) is 0 Å². The number of rotatable bonds is 3. The number of amides is 2. The minimum atomic E-state index is -0.912. The number of hydrazone groups is 1. The zero-order valence-electron chi connectivity index (χ0n) is 8.81. The monoisotopic (exact) mass is 240 g/mol. The Kier molecular flexibility index (Phi) is 3.70. The van der Waals surface area contributed by atoms with Crippen molar-refractivity contribution in [3.63, 3.8) is 0 Å². The fourth-order valence-corrected chi connectivity index (χ4v) is 1.20. The quantitative estimate of drug-likeness (QED) is 0.467. The van der Waals surface area contributed by atoms with Crippen LogP contribution in [0.5, 0.6) is 0 Å². The van der Waals surface area contributed by atoms with Crippen molar-refractivity contribution < 1.29 is 14.1 Å². The average Bonchev–Trinajstić information content (AvgIpc) is 2.21. The van der Waals surface area contributed by atoms with Gasteiger partial charge < -0.3 is 5.73 Å². The summed E-state index contributed by atoms with van der Waals surface area (Å²) in [6.07, 6.45) is 0.961. The third-order valence-corrected chi connectivity index (χ3v) is 2.00. The van der Waals surface area contributed by atoms with Crippen molar-refractivity contribution in [1.82, 2.24) is 5.43 Å². The van der Waals surface area contributed by atoms with Crippen LogP contribution in [0.25, 0.3) is 0 Å². The van der Waals surface area contributed by atoms with E-state index in [0.717, 1.165) is 18.3 Å². The highest BCUT2D eigenvalue weighted by molar-refractivity contribution is 5.84. The predicted octanol–water partition coefficient (Wildman–Crippen LogP) is 1.04. The molecule has 1 aromatic rings. The third kappa shape index (κ3) is 2.97. The van der Waals surface area contributed by atoms with E-state index in [2.05, 4.69) is 5.10 Å². The number of hydrogen-bond acceptors (Lipinski definition) is 4. The van der Waals surface area contributed by atoms with Gasteiger partial charge >= 0.3 is 6.03 Å². The van der Waals surface area contributed by atoms with Crippen molar-refractivity contribution in [3.8, 4) is 0 Å². The maximum Gasteiger partial charge on any atom is 0.332 e. The van der Waals surface area contributed by atoms with Crippen molar-refractivity contribution in [2.75, 3.05) is 0 Å². The first-order valence-corrected chi connectivity index (χ1v) is 4.45. The molecular weight excluding hydrogens is 231 g/mol. The van der Waals surface area contributed by atoms with Crippen molar-refractivity contribution >= 4 is 17.9 Å². The Morgan fingerprint density at radius 1 is 1.65 bits per heavy atom. The summed E-state index contributed by atoms with van der Waals surface area (Å²) >= 11 is 0. The van der Waals surface area contributed by atoms with Gasteiger partial charge in [-0.05, 0) is 13.0 Å². The first-order chi connectivity index (χ1) is 7.93. The molecule has 2 amide bonds. The van der Waals surface area contributed by atoms with E-state index in [1.807, 2.05) is 5.43 Å². The number of benzene rings is 1. The molecule has 0 aliphatic rings. The van der Waals surface area contributed by atoms with Gasteiger partial charge in [0.2, 0.25) is 0 Å². The zero-order valence-corrected chi connectivity index (χ0v) is 8.81. The summed E-state index contributed by atoms with van der Waals surface area (Å²) in [4.78, 5) is 20.3. The summed E-state index contributed by atoms with van der Waals surface area (Å²) in [6.45, 7) is 1.38. The minimum absolute atomic E-state index is 0.0760. The summed E-state index contributed by atoms with van der Waals surface area (Å²) in [5.74, 6) is -0.678. The van der Waals surface area contributed by atoms with E-state index in [1.54, 1.807) is 0 Å². The van der Waals surface area contributed by atoms with Crippen molar-refractivity contribution in [2.24, 2.45) is 10.8 Å². The number of urea groups is 1. The average molecular weight is 240 g/mol. The molecule has 0 spiro atoms. The molecule has 0 fully saturated rings. The Morgan fingerprint density at radius 3 is 2.82 bits per heavy atom. The van der Waals surface area contributed by atoms with Gasteiger partial charge in [0.25, 0.3) is 5.69 Å². The van der Waals surface area contributed by atoms with Crippen LogP contribution in [0.15, 0.2) is 17.2 Å². The van der Waals surface area contributed by atoms with Gasteiger partial charge in [-0.2, -0.15) is 5.10 Å². The molecular formula is C9H9FN4O3. The molecule has 0 saturated carbocycles. The van der Waals surface area contributed by atoms with Gasteiger partial charge in [-0.3, -0.25) is 10.1 Å². The fraction of sp³-hybridized carbons (Fsp3) is 0.111. The second-order valence-corrected chi connectivity index (χ2v) is 3.10. The number of carbonyl (C=O) groups excluding carboxylic acids is 1. The van der Waals surface area contributed by atoms with Gasteiger partial charge in [0.05, 0.1) is 11.1 Å². The van der Waals surface area contributed by atoms with E-state index in [9.17, 15) is 19.3 Å². The van der Waals surface area contributed by atoms with E-state index >= 15 is 0 Å². The van der Waals surface area contributed by atoms with Crippen LogP contribution in [-0.4, -0.2) is 17.2 Å². The van der Waals surface area contributed by atoms with E-state index in [4.69, 9.17) is 5.73 Å². The standard InChI is InChI=1S/C9H9FN4O3/c1-5-6(4-12-13-9(11)15)7(10)2-3-8(5)14(16)17/h2-4H,1H3,(H3,11,13,15). The van der Waals surface area contributed by atoms with Gasteiger partial charge in [0.1, 0.15) is 5.82 Å². The van der Waals surface area contributed by atoms with Gasteiger partial charge in [-0.25, -0.2) is 14.6 Å². The van der Waals surface area contributed by atoms with Gasteiger partial charge in [0, 0.05) is 17.2 Å². The SMILES string of the molecule is Cc1c([N+](=O)[O-])ccc(F)c1C=NNC(N)=O. The molecule has 0 radical (unpaired) electrons. The maximum atomic E-state index is 13.4. The van der Waals surface area contributed by atoms with E-state index in [1.165, 1.54) is 6.92 Å². The molecule has 1 rings (SSSR count). The predicted molar refractivity (Wildman–Crippen MR) is 58.1 cm³/mol. The second kappa shape index (κ2) is 5.01. The number of nitrogens with two attached hydrogens (primary N) is 1. The highest BCUT2D eigenvalue weighted by Crippen LogP contribution is 2.22. The molecule has 3 N–H and O–H groups in total. The lowest BCUT2D eigenvalue weighted by atomic mass is 10.1. The highest BCUT2D eigenvalue weighted by Gasteiger charge is 2.16. The lowest BCUT2D eigenvalue weighted by Crippen LogP contribution is -2.24. The van der Waals surface area contributed by atoms with Crippen LogP contribution in [-0.2, 0) is 0 Å². The van der Waals surface area contributed by atoms with Crippen LogP contribution in [0.4, 0.5) is 14.9 Å². The molecule has 0 bridgehead atoms. The van der Waals surface area contributed by atoms with Gasteiger partial charge in [-0.15, -0.1) is 0 Å². The molecule has 0 atom stereocenters. The molecule has 0 saturated heterocycles. The lowest BCUT2D eigenvalue weighted by molar-refractivity contribution is -0.385. The summed E-state index contributed by atoms with van der Waals surface area (Å²) in [6, 6.07) is 1.10. The molecule has 0 unspecified atom stereocenters. The number of carbonyl (C=O) groups is 1. The molecule has 1 aromatic carbocycles. The molecule has 7 nitrogen and oxygen atoms in total. The number of halogens is 1. The summed E-state index contributed by atoms with van der Waals surface area (Å²) in [5, 5.41) is 14.0. The molecule has 0 aliphatic heterocycles. The lowest BCUT2D eigenvalue weighted by Gasteiger charge is -2.02. The van der Waals surface area contributed by atoms with Crippen LogP contribution in [0.2, 0.25) is 0 Å². The van der Waals surface area contributed by atoms with Crippen molar-refractivity contribution in [1.29, 1.82) is 0 Å². The first kappa shape index (κ1) is 12.6. The third-order valence-electron chi connectivity index (χ3n) is 2.00. The van der Waals surface area contributed by atoms with Crippen LogP contribution in [0.1, 0.15) is 11.1 Å². The van der Waals surface area contributed by atoms with Crippen LogP contribution < -0.4 is 11.2 Å². The number of hydrogen-bond donors (Lipinski definition) is 2. The number of nitrogens with zero attached hydrogens (tertiary/aromatic N) is 2. The molecule has 90 valence electrons. The van der Waals surface area contributed by atoms with E-state index in [0.29, 0.717) is 0 Å². The summed E-state index contributed by atoms with van der Waals surface area (Å²) < 4.78 is 13.4. The van der Waals surface area contributed by atoms with Crippen molar-refractivity contribution in [3.05, 3.63) is 39.2 Å². The Morgan fingerprint density at radius 2 is 2.29 bits per heavy atom. The normalized spacial score (nSPS) is 10.5. The number of nitrogens with one attached hydrogen (secondary N) is 1. The first-order valence-electron chi connectivity index (χ1n) is 4.45. The summed E-state index contributed by atoms with van der Waals surface area (Å²) in [5.41, 5.74) is 6.42. The van der Waals surface area contributed by atoms with Gasteiger partial charge in [-0.1, -0.05) is 0 Å². The molecule has 0 aromatic heterocycles. The molecule has 0 heterocycles. The Hall–Kier alpha value is -2.51. The number of primary amides is 1. The largest absolute Gasteiger partial charge is 0.350 e. The van der Waals surface area contributed by atoms with E-state index < -0.39 is 16.8 Å². The Balaban J connectivity index is 3.14. The fourth-order valence-electron chi connectivity index (χ4n) is 1.20. The highest BCUT2D eigenvalue weighted by atomic mass is 19.1. The smallest absolute Gasteiger partial charge is 0.332 e. The number of nitro benzene ring substituents is 1. The summed E-state index contributed by atoms with van der Waals surface area (Å²) in [7, 11) is 0. The Bertz CT molecular complexity index is 501.